The average molecular weight is 339 g/mol. The van der Waals surface area contributed by atoms with Gasteiger partial charge in [-0.05, 0) is 50.0 Å². The summed E-state index contributed by atoms with van der Waals surface area (Å²) in [5.41, 5.74) is 6.94. The van der Waals surface area contributed by atoms with Gasteiger partial charge in [-0.15, -0.1) is 12.4 Å². The van der Waals surface area contributed by atoms with E-state index in [1.807, 2.05) is 0 Å². The lowest BCUT2D eigenvalue weighted by molar-refractivity contribution is -0.130. The first-order chi connectivity index (χ1) is 10.7. The van der Waals surface area contributed by atoms with Gasteiger partial charge in [0.2, 0.25) is 5.91 Å². The summed E-state index contributed by atoms with van der Waals surface area (Å²) in [6.45, 7) is 1.18. The van der Waals surface area contributed by atoms with Crippen molar-refractivity contribution in [1.82, 2.24) is 5.32 Å². The lowest BCUT2D eigenvalue weighted by Crippen LogP contribution is -2.58. The molecule has 2 fully saturated rings. The summed E-state index contributed by atoms with van der Waals surface area (Å²) in [6, 6.07) is 11.0. The van der Waals surface area contributed by atoms with Crippen molar-refractivity contribution in [2.45, 2.75) is 56.0 Å². The molecule has 1 aliphatic heterocycles. The Balaban J connectivity index is 0.00000192. The number of amides is 1. The van der Waals surface area contributed by atoms with Crippen molar-refractivity contribution in [2.24, 2.45) is 5.73 Å². The monoisotopic (exact) mass is 338 g/mol. The van der Waals surface area contributed by atoms with Crippen LogP contribution >= 0.6 is 12.4 Å². The Morgan fingerprint density at radius 3 is 2.30 bits per heavy atom. The summed E-state index contributed by atoms with van der Waals surface area (Å²) in [5, 5.41) is 3.18. The van der Waals surface area contributed by atoms with E-state index in [9.17, 15) is 4.79 Å². The van der Waals surface area contributed by atoms with Gasteiger partial charge in [0.1, 0.15) is 0 Å². The molecule has 1 heterocycles. The van der Waals surface area contributed by atoms with E-state index >= 15 is 0 Å². The van der Waals surface area contributed by atoms with Crippen molar-refractivity contribution >= 4 is 18.3 Å². The topological polar surface area (TPSA) is 64.4 Å². The maximum atomic E-state index is 12.4. The Hall–Kier alpha value is -1.10. The Kier molecular flexibility index (Phi) is 6.45. The third kappa shape index (κ3) is 4.46. The van der Waals surface area contributed by atoms with Gasteiger partial charge in [-0.1, -0.05) is 30.3 Å². The van der Waals surface area contributed by atoms with Crippen molar-refractivity contribution in [3.8, 4) is 0 Å². The summed E-state index contributed by atoms with van der Waals surface area (Å²) in [7, 11) is 0. The molecular formula is C18H27ClN2O2. The summed E-state index contributed by atoms with van der Waals surface area (Å²) in [6.07, 6.45) is 5.59. The van der Waals surface area contributed by atoms with Crippen LogP contribution in [-0.4, -0.2) is 30.7 Å². The van der Waals surface area contributed by atoms with Crippen LogP contribution in [-0.2, 0) is 9.53 Å². The highest BCUT2D eigenvalue weighted by atomic mass is 35.5. The molecule has 1 aromatic rings. The number of carbonyl (C=O) groups is 1. The Labute approximate surface area is 144 Å². The number of carbonyl (C=O) groups excluding carboxylic acids is 1. The fraction of sp³-hybridized carbons (Fsp3) is 0.611. The molecule has 5 heteroatoms. The van der Waals surface area contributed by atoms with Gasteiger partial charge in [0.25, 0.3) is 0 Å². The van der Waals surface area contributed by atoms with Gasteiger partial charge in [-0.25, -0.2) is 0 Å². The predicted molar refractivity (Wildman–Crippen MR) is 93.8 cm³/mol. The molecule has 4 nitrogen and oxygen atoms in total. The first-order valence-corrected chi connectivity index (χ1v) is 8.40. The second-order valence-electron chi connectivity index (χ2n) is 6.70. The van der Waals surface area contributed by atoms with E-state index in [1.54, 1.807) is 0 Å². The number of hydrogen-bond donors (Lipinski definition) is 2. The molecular weight excluding hydrogens is 312 g/mol. The van der Waals surface area contributed by atoms with Gasteiger partial charge in [-0.3, -0.25) is 4.79 Å². The van der Waals surface area contributed by atoms with Crippen LogP contribution in [0.4, 0.5) is 0 Å². The van der Waals surface area contributed by atoms with Crippen LogP contribution in [0.25, 0.3) is 0 Å². The molecule has 0 spiro atoms. The van der Waals surface area contributed by atoms with Gasteiger partial charge in [0, 0.05) is 19.3 Å². The van der Waals surface area contributed by atoms with Crippen molar-refractivity contribution in [3.05, 3.63) is 35.9 Å². The fourth-order valence-corrected chi connectivity index (χ4v) is 3.59. The zero-order chi connectivity index (χ0) is 15.4. The van der Waals surface area contributed by atoms with Gasteiger partial charge in [0.05, 0.1) is 5.54 Å². The molecule has 2 aliphatic rings. The first kappa shape index (κ1) is 18.2. The van der Waals surface area contributed by atoms with Crippen LogP contribution in [0.2, 0.25) is 0 Å². The van der Waals surface area contributed by atoms with E-state index in [-0.39, 0.29) is 24.4 Å². The van der Waals surface area contributed by atoms with Crippen LogP contribution in [0, 0.1) is 0 Å². The van der Waals surface area contributed by atoms with E-state index < -0.39 is 5.54 Å². The molecule has 128 valence electrons. The maximum absolute atomic E-state index is 12.4. The molecule has 1 saturated heterocycles. The molecule has 1 aromatic carbocycles. The molecule has 0 bridgehead atoms. The quantitative estimate of drug-likeness (QED) is 0.890. The standard InChI is InChI=1S/C18H26N2O2.ClH/c19-18(10-12-22-13-11-18)17(21)20-16-8-6-15(7-9-16)14-4-2-1-3-5-14;/h1-5,15-16H,6-13,19H2,(H,20,21);1H. The Morgan fingerprint density at radius 1 is 1.09 bits per heavy atom. The lowest BCUT2D eigenvalue weighted by atomic mass is 9.81. The molecule has 0 radical (unpaired) electrons. The largest absolute Gasteiger partial charge is 0.381 e. The van der Waals surface area contributed by atoms with E-state index in [2.05, 4.69) is 35.6 Å². The first-order valence-electron chi connectivity index (χ1n) is 8.40. The van der Waals surface area contributed by atoms with Gasteiger partial charge >= 0.3 is 0 Å². The van der Waals surface area contributed by atoms with Crippen LogP contribution in [0.3, 0.4) is 0 Å². The lowest BCUT2D eigenvalue weighted by Gasteiger charge is -2.35. The van der Waals surface area contributed by atoms with E-state index in [0.717, 1.165) is 25.7 Å². The van der Waals surface area contributed by atoms with E-state index in [0.29, 0.717) is 32.0 Å². The number of nitrogens with one attached hydrogen (secondary N) is 1. The molecule has 0 unspecified atom stereocenters. The molecule has 3 N–H and O–H groups in total. The third-order valence-electron chi connectivity index (χ3n) is 5.17. The number of rotatable bonds is 3. The van der Waals surface area contributed by atoms with Gasteiger partial charge < -0.3 is 15.8 Å². The second kappa shape index (κ2) is 8.13. The Bertz CT molecular complexity index is 495. The number of ether oxygens (including phenoxy) is 1. The summed E-state index contributed by atoms with van der Waals surface area (Å²) in [5.74, 6) is 0.642. The minimum Gasteiger partial charge on any atom is -0.381 e. The fourth-order valence-electron chi connectivity index (χ4n) is 3.59. The number of nitrogens with two attached hydrogens (primary N) is 1. The smallest absolute Gasteiger partial charge is 0.240 e. The number of hydrogen-bond acceptors (Lipinski definition) is 3. The van der Waals surface area contributed by atoms with Crippen molar-refractivity contribution < 1.29 is 9.53 Å². The zero-order valence-electron chi connectivity index (χ0n) is 13.5. The van der Waals surface area contributed by atoms with E-state index in [1.165, 1.54) is 5.56 Å². The van der Waals surface area contributed by atoms with Crippen LogP contribution in [0.15, 0.2) is 30.3 Å². The predicted octanol–water partition coefficient (Wildman–Crippen LogP) is 2.76. The highest BCUT2D eigenvalue weighted by molar-refractivity contribution is 5.86. The summed E-state index contributed by atoms with van der Waals surface area (Å²) in [4.78, 5) is 12.4. The van der Waals surface area contributed by atoms with Gasteiger partial charge in [-0.2, -0.15) is 0 Å². The summed E-state index contributed by atoms with van der Waals surface area (Å²) < 4.78 is 5.31. The molecule has 23 heavy (non-hydrogen) atoms. The van der Waals surface area contributed by atoms with Crippen molar-refractivity contribution in [2.75, 3.05) is 13.2 Å². The molecule has 1 amide bonds. The molecule has 1 aliphatic carbocycles. The van der Waals surface area contributed by atoms with Crippen LogP contribution < -0.4 is 11.1 Å². The van der Waals surface area contributed by atoms with Crippen molar-refractivity contribution in [1.29, 1.82) is 0 Å². The van der Waals surface area contributed by atoms with Gasteiger partial charge in [0.15, 0.2) is 0 Å². The summed E-state index contributed by atoms with van der Waals surface area (Å²) >= 11 is 0. The normalized spacial score (nSPS) is 26.8. The molecule has 0 atom stereocenters. The SMILES string of the molecule is Cl.NC1(C(=O)NC2CCC(c3ccccc3)CC2)CCOCC1. The average Bonchev–Trinajstić information content (AvgIpc) is 2.57. The second-order valence-corrected chi connectivity index (χ2v) is 6.70. The number of benzene rings is 1. The Morgan fingerprint density at radius 2 is 1.70 bits per heavy atom. The van der Waals surface area contributed by atoms with Crippen LogP contribution in [0.5, 0.6) is 0 Å². The third-order valence-corrected chi connectivity index (χ3v) is 5.17. The minimum atomic E-state index is -0.728. The molecule has 3 rings (SSSR count). The molecule has 0 aromatic heterocycles. The highest BCUT2D eigenvalue weighted by Crippen LogP contribution is 2.33. The number of halogens is 1. The zero-order valence-corrected chi connectivity index (χ0v) is 14.3. The van der Waals surface area contributed by atoms with Crippen LogP contribution in [0.1, 0.15) is 50.0 Å². The minimum absolute atomic E-state index is 0. The maximum Gasteiger partial charge on any atom is 0.240 e. The van der Waals surface area contributed by atoms with E-state index in [4.69, 9.17) is 10.5 Å². The van der Waals surface area contributed by atoms with Crippen molar-refractivity contribution in [3.63, 3.8) is 0 Å². The molecule has 1 saturated carbocycles. The highest BCUT2D eigenvalue weighted by Gasteiger charge is 2.37.